The van der Waals surface area contributed by atoms with Crippen molar-refractivity contribution >= 4 is 0 Å². The van der Waals surface area contributed by atoms with Crippen molar-refractivity contribution < 1.29 is 0 Å². The van der Waals surface area contributed by atoms with Crippen LogP contribution in [0.4, 0.5) is 0 Å². The van der Waals surface area contributed by atoms with E-state index in [-0.39, 0.29) is 0 Å². The third-order valence-electron chi connectivity index (χ3n) is 2.70. The number of aryl methyl sites for hydroxylation is 2. The average Bonchev–Trinajstić information content (AvgIpc) is 2.82. The lowest BCUT2D eigenvalue weighted by Crippen LogP contribution is -2.16. The van der Waals surface area contributed by atoms with Gasteiger partial charge in [0.1, 0.15) is 5.82 Å². The predicted octanol–water partition coefficient (Wildman–Crippen LogP) is 1.63. The van der Waals surface area contributed by atoms with Crippen LogP contribution in [-0.2, 0) is 19.5 Å². The average molecular weight is 230 g/mol. The van der Waals surface area contributed by atoms with E-state index >= 15 is 0 Å². The Morgan fingerprint density at radius 3 is 3.06 bits per heavy atom. The second-order valence-corrected chi connectivity index (χ2v) is 3.93. The molecule has 2 rings (SSSR count). The van der Waals surface area contributed by atoms with Crippen molar-refractivity contribution in [3.05, 3.63) is 48.3 Å². The Kier molecular flexibility index (Phi) is 4.27. The topological polar surface area (TPSA) is 42.7 Å². The van der Waals surface area contributed by atoms with Crippen LogP contribution in [0.1, 0.15) is 18.3 Å². The molecule has 0 aromatic carbocycles. The summed E-state index contributed by atoms with van der Waals surface area (Å²) in [6.45, 7) is 4.85. The van der Waals surface area contributed by atoms with E-state index in [9.17, 15) is 0 Å². The van der Waals surface area contributed by atoms with Crippen LogP contribution in [0.25, 0.3) is 0 Å². The lowest BCUT2D eigenvalue weighted by Gasteiger charge is -2.07. The molecule has 2 aromatic heterocycles. The first-order valence-electron chi connectivity index (χ1n) is 5.99. The summed E-state index contributed by atoms with van der Waals surface area (Å²) in [4.78, 5) is 8.47. The first-order valence-corrected chi connectivity index (χ1v) is 5.99. The quantitative estimate of drug-likeness (QED) is 0.820. The van der Waals surface area contributed by atoms with Crippen molar-refractivity contribution in [3.8, 4) is 0 Å². The fourth-order valence-corrected chi connectivity index (χ4v) is 1.74. The molecule has 0 aliphatic carbocycles. The van der Waals surface area contributed by atoms with Crippen molar-refractivity contribution in [2.75, 3.05) is 6.54 Å². The van der Waals surface area contributed by atoms with Crippen LogP contribution in [0.3, 0.4) is 0 Å². The monoisotopic (exact) mass is 230 g/mol. The summed E-state index contributed by atoms with van der Waals surface area (Å²) in [5, 5.41) is 3.29. The zero-order chi connectivity index (χ0) is 11.9. The molecule has 17 heavy (non-hydrogen) atoms. The van der Waals surface area contributed by atoms with Crippen molar-refractivity contribution in [2.24, 2.45) is 0 Å². The van der Waals surface area contributed by atoms with Crippen LogP contribution < -0.4 is 5.32 Å². The molecule has 0 aliphatic heterocycles. The van der Waals surface area contributed by atoms with Crippen LogP contribution in [0, 0.1) is 0 Å². The Labute approximate surface area is 102 Å². The molecule has 0 spiro atoms. The molecule has 0 bridgehead atoms. The minimum atomic E-state index is 0.830. The van der Waals surface area contributed by atoms with Crippen LogP contribution in [0.2, 0.25) is 0 Å². The van der Waals surface area contributed by atoms with Crippen LogP contribution in [0.5, 0.6) is 0 Å². The van der Waals surface area contributed by atoms with E-state index < -0.39 is 0 Å². The summed E-state index contributed by atoms with van der Waals surface area (Å²) in [7, 11) is 0. The van der Waals surface area contributed by atoms with Gasteiger partial charge in [0.2, 0.25) is 0 Å². The van der Waals surface area contributed by atoms with Crippen LogP contribution in [0.15, 0.2) is 36.9 Å². The molecule has 0 amide bonds. The Hall–Kier alpha value is -1.68. The zero-order valence-corrected chi connectivity index (χ0v) is 10.1. The summed E-state index contributed by atoms with van der Waals surface area (Å²) in [6.07, 6.45) is 8.60. The van der Waals surface area contributed by atoms with Gasteiger partial charge in [-0.05, 0) is 24.6 Å². The van der Waals surface area contributed by atoms with E-state index in [0.29, 0.717) is 0 Å². The van der Waals surface area contributed by atoms with Crippen molar-refractivity contribution in [1.82, 2.24) is 19.9 Å². The molecule has 0 aliphatic rings. The first kappa shape index (κ1) is 11.8. The number of rotatable bonds is 6. The van der Waals surface area contributed by atoms with Gasteiger partial charge in [-0.3, -0.25) is 4.98 Å². The third kappa shape index (κ3) is 3.39. The van der Waals surface area contributed by atoms with E-state index in [0.717, 1.165) is 31.9 Å². The predicted molar refractivity (Wildman–Crippen MR) is 67.5 cm³/mol. The third-order valence-corrected chi connectivity index (χ3v) is 2.70. The van der Waals surface area contributed by atoms with Crippen molar-refractivity contribution in [2.45, 2.75) is 26.4 Å². The fraction of sp³-hybridized carbons (Fsp3) is 0.385. The Morgan fingerprint density at radius 2 is 2.29 bits per heavy atom. The highest BCUT2D eigenvalue weighted by Gasteiger charge is 2.01. The molecule has 1 N–H and O–H groups in total. The number of aromatic nitrogens is 3. The summed E-state index contributed by atoms with van der Waals surface area (Å²) in [5.74, 6) is 1.09. The number of hydrogen-bond donors (Lipinski definition) is 1. The van der Waals surface area contributed by atoms with Gasteiger partial charge in [0, 0.05) is 31.3 Å². The standard InChI is InChI=1S/C13H18N4/c1-2-14-11-13-16-7-9-17(13)8-5-12-4-3-6-15-10-12/h3-4,6-7,9-10,14H,2,5,8,11H2,1H3. The minimum absolute atomic E-state index is 0.830. The molecule has 4 heteroatoms. The number of pyridine rings is 1. The number of hydrogen-bond acceptors (Lipinski definition) is 3. The smallest absolute Gasteiger partial charge is 0.122 e. The number of nitrogens with zero attached hydrogens (tertiary/aromatic N) is 3. The van der Waals surface area contributed by atoms with Gasteiger partial charge in [0.25, 0.3) is 0 Å². The largest absolute Gasteiger partial charge is 0.334 e. The maximum absolute atomic E-state index is 4.35. The molecule has 2 aromatic rings. The van der Waals surface area contributed by atoms with Crippen molar-refractivity contribution in [3.63, 3.8) is 0 Å². The van der Waals surface area contributed by atoms with Crippen molar-refractivity contribution in [1.29, 1.82) is 0 Å². The molecule has 2 heterocycles. The second-order valence-electron chi connectivity index (χ2n) is 3.93. The molecule has 0 unspecified atom stereocenters. The molecular formula is C13H18N4. The van der Waals surface area contributed by atoms with Gasteiger partial charge in [-0.1, -0.05) is 13.0 Å². The molecule has 0 atom stereocenters. The normalized spacial score (nSPS) is 10.6. The highest BCUT2D eigenvalue weighted by Crippen LogP contribution is 2.03. The summed E-state index contributed by atoms with van der Waals surface area (Å²) in [6, 6.07) is 4.08. The molecule has 0 saturated carbocycles. The highest BCUT2D eigenvalue weighted by molar-refractivity contribution is 5.08. The summed E-state index contributed by atoms with van der Waals surface area (Å²) < 4.78 is 2.19. The zero-order valence-electron chi connectivity index (χ0n) is 10.1. The van der Waals surface area contributed by atoms with Crippen LogP contribution >= 0.6 is 0 Å². The van der Waals surface area contributed by atoms with Gasteiger partial charge >= 0.3 is 0 Å². The van der Waals surface area contributed by atoms with E-state index in [1.165, 1.54) is 5.56 Å². The van der Waals surface area contributed by atoms with Gasteiger partial charge in [-0.15, -0.1) is 0 Å². The Morgan fingerprint density at radius 1 is 1.35 bits per heavy atom. The van der Waals surface area contributed by atoms with E-state index in [1.807, 2.05) is 24.7 Å². The maximum Gasteiger partial charge on any atom is 0.122 e. The van der Waals surface area contributed by atoms with Gasteiger partial charge in [0.15, 0.2) is 0 Å². The van der Waals surface area contributed by atoms with Gasteiger partial charge in [-0.2, -0.15) is 0 Å². The fourth-order valence-electron chi connectivity index (χ4n) is 1.74. The summed E-state index contributed by atoms with van der Waals surface area (Å²) in [5.41, 5.74) is 1.26. The van der Waals surface area contributed by atoms with Gasteiger partial charge < -0.3 is 9.88 Å². The van der Waals surface area contributed by atoms with Crippen LogP contribution in [-0.4, -0.2) is 21.1 Å². The molecule has 0 saturated heterocycles. The number of nitrogens with one attached hydrogen (secondary N) is 1. The number of imidazole rings is 1. The maximum atomic E-state index is 4.35. The highest BCUT2D eigenvalue weighted by atomic mass is 15.1. The van der Waals surface area contributed by atoms with E-state index in [4.69, 9.17) is 0 Å². The second kappa shape index (κ2) is 6.15. The molecule has 90 valence electrons. The summed E-state index contributed by atoms with van der Waals surface area (Å²) >= 11 is 0. The molecule has 0 radical (unpaired) electrons. The van der Waals surface area contributed by atoms with Gasteiger partial charge in [0.05, 0.1) is 6.54 Å². The van der Waals surface area contributed by atoms with E-state index in [1.54, 1.807) is 6.20 Å². The Bertz CT molecular complexity index is 436. The molecule has 0 fully saturated rings. The SMILES string of the molecule is CCNCc1nccn1CCc1cccnc1. The van der Waals surface area contributed by atoms with Gasteiger partial charge in [-0.25, -0.2) is 4.98 Å². The van der Waals surface area contributed by atoms with E-state index in [2.05, 4.69) is 32.8 Å². The first-order chi connectivity index (χ1) is 8.40. The Balaban J connectivity index is 1.92. The lowest BCUT2D eigenvalue weighted by molar-refractivity contribution is 0.605. The lowest BCUT2D eigenvalue weighted by atomic mass is 10.2. The molecule has 4 nitrogen and oxygen atoms in total. The molecular weight excluding hydrogens is 212 g/mol. The minimum Gasteiger partial charge on any atom is -0.334 e.